The molecule has 2 aromatic carbocycles. The molecule has 2 rings (SSSR count). The maximum absolute atomic E-state index is 12.6. The van der Waals surface area contributed by atoms with Crippen LogP contribution in [0, 0.1) is 5.53 Å². The summed E-state index contributed by atoms with van der Waals surface area (Å²) in [5, 5.41) is 5.16. The first kappa shape index (κ1) is 18.4. The topological polar surface area (TPSA) is 73.6 Å². The van der Waals surface area contributed by atoms with E-state index in [-0.39, 0.29) is 10.6 Å². The zero-order valence-corrected chi connectivity index (χ0v) is 15.3. The predicted molar refractivity (Wildman–Crippen MR) is 98.3 cm³/mol. The second-order valence-corrected chi connectivity index (χ2v) is 7.82. The lowest BCUT2D eigenvalue weighted by Gasteiger charge is -2.14. The van der Waals surface area contributed by atoms with E-state index in [1.54, 1.807) is 37.2 Å². The van der Waals surface area contributed by atoms with Crippen molar-refractivity contribution in [2.75, 3.05) is 19.0 Å². The van der Waals surface area contributed by atoms with E-state index in [2.05, 4.69) is 5.11 Å². The van der Waals surface area contributed by atoms with E-state index < -0.39 is 9.84 Å². The molecule has 0 atom stereocenters. The number of sulfone groups is 1. The highest BCUT2D eigenvalue weighted by molar-refractivity contribution is 7.94. The number of nitrogens with one attached hydrogen (secondary N) is 1. The predicted octanol–water partition coefficient (Wildman–Crippen LogP) is 5.17. The quantitative estimate of drug-likeness (QED) is 0.723. The van der Waals surface area contributed by atoms with Gasteiger partial charge in [0.15, 0.2) is 0 Å². The van der Waals surface area contributed by atoms with Crippen LogP contribution in [0.3, 0.4) is 0 Å². The van der Waals surface area contributed by atoms with Crippen LogP contribution in [0.5, 0.6) is 0 Å². The Hall–Kier alpha value is -1.89. The average Bonchev–Trinajstić information content (AvgIpc) is 2.53. The average molecular weight is 384 g/mol. The number of nitrogens with zero attached hydrogens (tertiary/aromatic N) is 2. The first-order chi connectivity index (χ1) is 11.2. The molecule has 2 aromatic rings. The Balaban J connectivity index is 2.48. The third-order valence-electron chi connectivity index (χ3n) is 3.28. The van der Waals surface area contributed by atoms with Crippen LogP contribution in [-0.2, 0) is 9.84 Å². The van der Waals surface area contributed by atoms with Crippen molar-refractivity contribution in [1.82, 2.24) is 0 Å². The van der Waals surface area contributed by atoms with Gasteiger partial charge < -0.3 is 4.90 Å². The Morgan fingerprint density at radius 2 is 1.83 bits per heavy atom. The van der Waals surface area contributed by atoms with Gasteiger partial charge >= 0.3 is 0 Å². The fourth-order valence-corrected chi connectivity index (χ4v) is 3.61. The summed E-state index contributed by atoms with van der Waals surface area (Å²) < 4.78 is 25.2. The molecule has 5 nitrogen and oxygen atoms in total. The van der Waals surface area contributed by atoms with E-state index in [9.17, 15) is 8.42 Å². The fourth-order valence-electron chi connectivity index (χ4n) is 1.97. The molecule has 1 N–H and O–H groups in total. The molecule has 0 aliphatic carbocycles. The van der Waals surface area contributed by atoms with Crippen LogP contribution in [0.15, 0.2) is 51.8 Å². The minimum absolute atomic E-state index is 0.0370. The highest BCUT2D eigenvalue weighted by atomic mass is 35.5. The summed E-state index contributed by atoms with van der Waals surface area (Å²) >= 11 is 11.9. The largest absolute Gasteiger partial charge is 0.378 e. The SMILES string of the molecule is CN(C)c1ccc(N=N)c(S(=O)(=O)/C=C/c2ccc(Cl)cc2Cl)c1. The number of rotatable bonds is 5. The minimum Gasteiger partial charge on any atom is -0.378 e. The van der Waals surface area contributed by atoms with Crippen LogP contribution >= 0.6 is 23.2 Å². The van der Waals surface area contributed by atoms with Gasteiger partial charge in [0.2, 0.25) is 9.84 Å². The number of hydrogen-bond acceptors (Lipinski definition) is 5. The molecule has 0 heterocycles. The van der Waals surface area contributed by atoms with Gasteiger partial charge in [-0.25, -0.2) is 13.9 Å². The molecule has 0 aromatic heterocycles. The maximum Gasteiger partial charge on any atom is 0.202 e. The number of halogens is 2. The molecule has 0 aliphatic rings. The van der Waals surface area contributed by atoms with Gasteiger partial charge in [0.05, 0.1) is 0 Å². The third-order valence-corrected chi connectivity index (χ3v) is 5.27. The van der Waals surface area contributed by atoms with E-state index in [4.69, 9.17) is 28.7 Å². The minimum atomic E-state index is -3.80. The van der Waals surface area contributed by atoms with Gasteiger partial charge in [0.25, 0.3) is 0 Å². The molecule has 0 fully saturated rings. The summed E-state index contributed by atoms with van der Waals surface area (Å²) in [5.74, 6) is 0. The molecule has 0 radical (unpaired) electrons. The molecule has 8 heteroatoms. The van der Waals surface area contributed by atoms with Gasteiger partial charge in [0, 0.05) is 35.2 Å². The van der Waals surface area contributed by atoms with Gasteiger partial charge in [0.1, 0.15) is 10.6 Å². The van der Waals surface area contributed by atoms with Gasteiger partial charge in [-0.3, -0.25) is 0 Å². The molecule has 24 heavy (non-hydrogen) atoms. The highest BCUT2D eigenvalue weighted by Crippen LogP contribution is 2.31. The normalized spacial score (nSPS) is 11.7. The van der Waals surface area contributed by atoms with Crippen LogP contribution in [0.1, 0.15) is 5.56 Å². The van der Waals surface area contributed by atoms with Crippen molar-refractivity contribution in [3.8, 4) is 0 Å². The van der Waals surface area contributed by atoms with Crippen molar-refractivity contribution in [3.63, 3.8) is 0 Å². The molecular formula is C16H15Cl2N3O2S. The van der Waals surface area contributed by atoms with E-state index in [0.29, 0.717) is 21.3 Å². The molecular weight excluding hydrogens is 369 g/mol. The van der Waals surface area contributed by atoms with E-state index in [1.807, 2.05) is 0 Å². The van der Waals surface area contributed by atoms with Gasteiger partial charge in [-0.05, 0) is 42.0 Å². The molecule has 0 amide bonds. The van der Waals surface area contributed by atoms with Gasteiger partial charge in [-0.2, -0.15) is 5.11 Å². The summed E-state index contributed by atoms with van der Waals surface area (Å²) in [7, 11) is -0.200. The van der Waals surface area contributed by atoms with Crippen molar-refractivity contribution in [2.24, 2.45) is 5.11 Å². The van der Waals surface area contributed by atoms with Crippen molar-refractivity contribution >= 4 is 50.5 Å². The van der Waals surface area contributed by atoms with Crippen LogP contribution in [0.25, 0.3) is 6.08 Å². The Labute approximate surface area is 150 Å². The third kappa shape index (κ3) is 4.14. The number of benzene rings is 2. The van der Waals surface area contributed by atoms with Crippen LogP contribution < -0.4 is 4.90 Å². The Morgan fingerprint density at radius 1 is 1.12 bits per heavy atom. The Morgan fingerprint density at radius 3 is 2.42 bits per heavy atom. The van der Waals surface area contributed by atoms with Crippen molar-refractivity contribution < 1.29 is 8.42 Å². The van der Waals surface area contributed by atoms with Crippen molar-refractivity contribution in [1.29, 1.82) is 5.53 Å². The van der Waals surface area contributed by atoms with E-state index in [1.165, 1.54) is 24.3 Å². The molecule has 0 bridgehead atoms. The first-order valence-corrected chi connectivity index (χ1v) is 9.12. The lowest BCUT2D eigenvalue weighted by molar-refractivity contribution is 0.605. The summed E-state index contributed by atoms with van der Waals surface area (Å²) in [6.07, 6.45) is 1.39. The molecule has 126 valence electrons. The molecule has 0 aliphatic heterocycles. The zero-order valence-electron chi connectivity index (χ0n) is 13.0. The zero-order chi connectivity index (χ0) is 17.9. The van der Waals surface area contributed by atoms with Crippen molar-refractivity contribution in [2.45, 2.75) is 4.90 Å². The number of anilines is 1. The first-order valence-electron chi connectivity index (χ1n) is 6.81. The monoisotopic (exact) mass is 383 g/mol. The Bertz CT molecular complexity index is 910. The second kappa shape index (κ2) is 7.34. The standard InChI is InChI=1S/C16H15Cl2N3O2S/c1-21(2)13-5-6-15(20-19)16(10-13)24(22,23)8-7-11-3-4-12(17)9-14(11)18/h3-10,19H,1-2H3/b8-7+,20-19?. The lowest BCUT2D eigenvalue weighted by Crippen LogP contribution is -2.09. The van der Waals surface area contributed by atoms with Crippen LogP contribution in [0.2, 0.25) is 10.0 Å². The second-order valence-electron chi connectivity index (χ2n) is 5.17. The van der Waals surface area contributed by atoms with Crippen molar-refractivity contribution in [3.05, 3.63) is 57.4 Å². The fraction of sp³-hybridized carbons (Fsp3) is 0.125. The maximum atomic E-state index is 12.6. The van der Waals surface area contributed by atoms with Gasteiger partial charge in [-0.1, -0.05) is 29.3 Å². The molecule has 0 saturated heterocycles. The number of hydrogen-bond donors (Lipinski definition) is 1. The van der Waals surface area contributed by atoms with Crippen LogP contribution in [-0.4, -0.2) is 22.5 Å². The molecule has 0 saturated carbocycles. The summed E-state index contributed by atoms with van der Waals surface area (Å²) in [4.78, 5) is 1.73. The van der Waals surface area contributed by atoms with E-state index >= 15 is 0 Å². The highest BCUT2D eigenvalue weighted by Gasteiger charge is 2.17. The smallest absolute Gasteiger partial charge is 0.202 e. The molecule has 0 spiro atoms. The summed E-state index contributed by atoms with van der Waals surface area (Å²) in [6, 6.07) is 9.47. The lowest BCUT2D eigenvalue weighted by atomic mass is 10.2. The summed E-state index contributed by atoms with van der Waals surface area (Å²) in [5.41, 5.74) is 8.48. The summed E-state index contributed by atoms with van der Waals surface area (Å²) in [6.45, 7) is 0. The van der Waals surface area contributed by atoms with Crippen LogP contribution in [0.4, 0.5) is 11.4 Å². The Kier molecular flexibility index (Phi) is 5.64. The molecule has 0 unspecified atom stereocenters. The van der Waals surface area contributed by atoms with E-state index in [0.717, 1.165) is 5.41 Å². The van der Waals surface area contributed by atoms with Gasteiger partial charge in [-0.15, -0.1) is 0 Å².